The van der Waals surface area contributed by atoms with Crippen molar-refractivity contribution in [2.45, 2.75) is 32.3 Å². The van der Waals surface area contributed by atoms with Gasteiger partial charge in [-0.25, -0.2) is 0 Å². The molecule has 0 unspecified atom stereocenters. The zero-order chi connectivity index (χ0) is 9.10. The minimum atomic E-state index is 0.355. The molecule has 1 saturated heterocycles. The molecule has 0 aliphatic carbocycles. The SMILES string of the molecule is Cc1cccc([C@H]2CCCCO2)c1. The third kappa shape index (κ3) is 2.10. The van der Waals surface area contributed by atoms with Gasteiger partial charge in [0.25, 0.3) is 0 Å². The molecule has 1 nitrogen and oxygen atoms in total. The molecule has 0 radical (unpaired) electrons. The van der Waals surface area contributed by atoms with E-state index in [2.05, 4.69) is 31.2 Å². The normalized spacial score (nSPS) is 23.0. The van der Waals surface area contributed by atoms with E-state index in [1.165, 1.54) is 30.4 Å². The van der Waals surface area contributed by atoms with Crippen molar-refractivity contribution in [1.82, 2.24) is 0 Å². The van der Waals surface area contributed by atoms with Crippen molar-refractivity contribution in [2.24, 2.45) is 0 Å². The van der Waals surface area contributed by atoms with Gasteiger partial charge in [0, 0.05) is 6.61 Å². The summed E-state index contributed by atoms with van der Waals surface area (Å²) in [6, 6.07) is 8.65. The van der Waals surface area contributed by atoms with Gasteiger partial charge in [-0.3, -0.25) is 0 Å². The summed E-state index contributed by atoms with van der Waals surface area (Å²) in [5, 5.41) is 0. The lowest BCUT2D eigenvalue weighted by molar-refractivity contribution is 0.0149. The van der Waals surface area contributed by atoms with Crippen LogP contribution in [0.1, 0.15) is 36.5 Å². The Bertz CT molecular complexity index is 274. The number of rotatable bonds is 1. The Kier molecular flexibility index (Phi) is 2.65. The maximum Gasteiger partial charge on any atom is 0.0825 e. The molecule has 0 aromatic heterocycles. The van der Waals surface area contributed by atoms with Crippen LogP contribution in [0.4, 0.5) is 0 Å². The lowest BCUT2D eigenvalue weighted by Gasteiger charge is -2.23. The van der Waals surface area contributed by atoms with Crippen molar-refractivity contribution in [1.29, 1.82) is 0 Å². The highest BCUT2D eigenvalue weighted by Crippen LogP contribution is 2.27. The molecule has 1 aliphatic rings. The topological polar surface area (TPSA) is 9.23 Å². The average molecular weight is 176 g/mol. The molecule has 1 aromatic rings. The fraction of sp³-hybridized carbons (Fsp3) is 0.500. The van der Waals surface area contributed by atoms with Crippen LogP contribution in [-0.4, -0.2) is 6.61 Å². The van der Waals surface area contributed by atoms with Crippen LogP contribution in [0.25, 0.3) is 0 Å². The highest BCUT2D eigenvalue weighted by molar-refractivity contribution is 5.24. The molecule has 0 amide bonds. The number of hydrogen-bond acceptors (Lipinski definition) is 1. The molecule has 70 valence electrons. The second-order valence-corrected chi connectivity index (χ2v) is 3.77. The van der Waals surface area contributed by atoms with E-state index in [0.717, 1.165) is 6.61 Å². The molecule has 1 aliphatic heterocycles. The Morgan fingerprint density at radius 3 is 2.92 bits per heavy atom. The molecular weight excluding hydrogens is 160 g/mol. The summed E-state index contributed by atoms with van der Waals surface area (Å²) in [4.78, 5) is 0. The molecule has 0 bridgehead atoms. The maximum absolute atomic E-state index is 5.72. The lowest BCUT2D eigenvalue weighted by Crippen LogP contribution is -2.11. The average Bonchev–Trinajstić information content (AvgIpc) is 2.19. The van der Waals surface area contributed by atoms with Crippen LogP contribution in [0.5, 0.6) is 0 Å². The van der Waals surface area contributed by atoms with Gasteiger partial charge >= 0.3 is 0 Å². The van der Waals surface area contributed by atoms with Gasteiger partial charge in [0.15, 0.2) is 0 Å². The van der Waals surface area contributed by atoms with Gasteiger partial charge < -0.3 is 4.74 Å². The van der Waals surface area contributed by atoms with E-state index in [1.54, 1.807) is 0 Å². The summed E-state index contributed by atoms with van der Waals surface area (Å²) in [5.74, 6) is 0. The van der Waals surface area contributed by atoms with E-state index in [1.807, 2.05) is 0 Å². The Morgan fingerprint density at radius 1 is 1.31 bits per heavy atom. The second-order valence-electron chi connectivity index (χ2n) is 3.77. The zero-order valence-corrected chi connectivity index (χ0v) is 8.12. The van der Waals surface area contributed by atoms with E-state index in [-0.39, 0.29) is 0 Å². The van der Waals surface area contributed by atoms with Crippen LogP contribution in [0, 0.1) is 6.92 Å². The molecule has 0 N–H and O–H groups in total. The molecule has 0 saturated carbocycles. The third-order valence-electron chi connectivity index (χ3n) is 2.59. The van der Waals surface area contributed by atoms with Gasteiger partial charge in [0.1, 0.15) is 0 Å². The Hall–Kier alpha value is -0.820. The molecule has 0 spiro atoms. The van der Waals surface area contributed by atoms with Crippen molar-refractivity contribution in [3.63, 3.8) is 0 Å². The fourth-order valence-corrected chi connectivity index (χ4v) is 1.87. The number of ether oxygens (including phenoxy) is 1. The summed E-state index contributed by atoms with van der Waals surface area (Å²) >= 11 is 0. The summed E-state index contributed by atoms with van der Waals surface area (Å²) in [6.45, 7) is 3.06. The molecule has 1 fully saturated rings. The van der Waals surface area contributed by atoms with Crippen LogP contribution in [-0.2, 0) is 4.74 Å². The first-order valence-corrected chi connectivity index (χ1v) is 5.04. The van der Waals surface area contributed by atoms with E-state index >= 15 is 0 Å². The monoisotopic (exact) mass is 176 g/mol. The second kappa shape index (κ2) is 3.93. The van der Waals surface area contributed by atoms with Crippen molar-refractivity contribution in [3.8, 4) is 0 Å². The van der Waals surface area contributed by atoms with Crippen LogP contribution in [0.15, 0.2) is 24.3 Å². The summed E-state index contributed by atoms with van der Waals surface area (Å²) < 4.78 is 5.72. The minimum Gasteiger partial charge on any atom is -0.374 e. The predicted octanol–water partition coefficient (Wildman–Crippen LogP) is 3.24. The third-order valence-corrected chi connectivity index (χ3v) is 2.59. The first kappa shape index (κ1) is 8.76. The Balaban J connectivity index is 2.14. The van der Waals surface area contributed by atoms with Crippen molar-refractivity contribution < 1.29 is 4.74 Å². The zero-order valence-electron chi connectivity index (χ0n) is 8.12. The van der Waals surface area contributed by atoms with E-state index < -0.39 is 0 Å². The molecule has 2 rings (SSSR count). The van der Waals surface area contributed by atoms with Crippen molar-refractivity contribution >= 4 is 0 Å². The number of hydrogen-bond donors (Lipinski definition) is 0. The summed E-state index contributed by atoms with van der Waals surface area (Å²) in [5.41, 5.74) is 2.67. The molecule has 1 atom stereocenters. The van der Waals surface area contributed by atoms with Crippen LogP contribution >= 0.6 is 0 Å². The van der Waals surface area contributed by atoms with Gasteiger partial charge in [0.2, 0.25) is 0 Å². The summed E-state index contributed by atoms with van der Waals surface area (Å²) in [6.07, 6.45) is 4.07. The first-order valence-electron chi connectivity index (χ1n) is 5.04. The number of benzene rings is 1. The quantitative estimate of drug-likeness (QED) is 0.638. The molecular formula is C12H16O. The van der Waals surface area contributed by atoms with Gasteiger partial charge in [-0.05, 0) is 31.7 Å². The predicted molar refractivity (Wildman–Crippen MR) is 53.7 cm³/mol. The molecule has 1 heteroatoms. The van der Waals surface area contributed by atoms with Crippen molar-refractivity contribution in [3.05, 3.63) is 35.4 Å². The molecule has 1 aromatic carbocycles. The highest BCUT2D eigenvalue weighted by atomic mass is 16.5. The minimum absolute atomic E-state index is 0.355. The van der Waals surface area contributed by atoms with Crippen LogP contribution < -0.4 is 0 Å². The first-order chi connectivity index (χ1) is 6.36. The van der Waals surface area contributed by atoms with Crippen LogP contribution in [0.3, 0.4) is 0 Å². The maximum atomic E-state index is 5.72. The molecule has 13 heavy (non-hydrogen) atoms. The lowest BCUT2D eigenvalue weighted by atomic mass is 10.0. The van der Waals surface area contributed by atoms with E-state index in [0.29, 0.717) is 6.10 Å². The smallest absolute Gasteiger partial charge is 0.0825 e. The van der Waals surface area contributed by atoms with Gasteiger partial charge in [-0.15, -0.1) is 0 Å². The van der Waals surface area contributed by atoms with E-state index in [4.69, 9.17) is 4.74 Å². The number of aryl methyl sites for hydroxylation is 1. The highest BCUT2D eigenvalue weighted by Gasteiger charge is 2.15. The standard InChI is InChI=1S/C12H16O/c1-10-5-4-6-11(9-10)12-7-2-3-8-13-12/h4-6,9,12H,2-3,7-8H2,1H3/t12-/m1/s1. The Labute approximate surface area is 79.7 Å². The Morgan fingerprint density at radius 2 is 2.23 bits per heavy atom. The van der Waals surface area contributed by atoms with Crippen molar-refractivity contribution in [2.75, 3.05) is 6.61 Å². The summed E-state index contributed by atoms with van der Waals surface area (Å²) in [7, 11) is 0. The van der Waals surface area contributed by atoms with Gasteiger partial charge in [-0.1, -0.05) is 29.8 Å². The van der Waals surface area contributed by atoms with Crippen LogP contribution in [0.2, 0.25) is 0 Å². The van der Waals surface area contributed by atoms with E-state index in [9.17, 15) is 0 Å². The van der Waals surface area contributed by atoms with Gasteiger partial charge in [0.05, 0.1) is 6.10 Å². The van der Waals surface area contributed by atoms with Gasteiger partial charge in [-0.2, -0.15) is 0 Å². The fourth-order valence-electron chi connectivity index (χ4n) is 1.87. The largest absolute Gasteiger partial charge is 0.374 e. The molecule has 1 heterocycles.